The maximum Gasteiger partial charge on any atom is 0.0456 e. The van der Waals surface area contributed by atoms with E-state index in [2.05, 4.69) is 54.6 Å². The highest BCUT2D eigenvalue weighted by molar-refractivity contribution is 5.83. The largest absolute Gasteiger partial charge is 0.361 e. The summed E-state index contributed by atoms with van der Waals surface area (Å²) in [6.45, 7) is 6.76. The first-order chi connectivity index (χ1) is 8.85. The maximum atomic E-state index is 3.58. The van der Waals surface area contributed by atoms with Gasteiger partial charge in [0.1, 0.15) is 0 Å². The van der Waals surface area contributed by atoms with Crippen molar-refractivity contribution < 1.29 is 0 Å². The molecule has 2 rings (SSSR count). The zero-order valence-electron chi connectivity index (χ0n) is 11.5. The SMILES string of the molecule is CCC(CC)CNCCc1c[nH]c2ccccc12. The number of aromatic amines is 1. The minimum absolute atomic E-state index is 0.827. The molecule has 0 fully saturated rings. The predicted molar refractivity (Wildman–Crippen MR) is 78.9 cm³/mol. The molecule has 0 bridgehead atoms. The Morgan fingerprint density at radius 3 is 2.72 bits per heavy atom. The predicted octanol–water partition coefficient (Wildman–Crippen LogP) is 3.74. The van der Waals surface area contributed by atoms with Gasteiger partial charge in [0.25, 0.3) is 0 Å². The molecule has 1 aromatic heterocycles. The lowest BCUT2D eigenvalue weighted by atomic mass is 10.0. The molecule has 2 heteroatoms. The summed E-state index contributed by atoms with van der Waals surface area (Å²) in [7, 11) is 0. The summed E-state index contributed by atoms with van der Waals surface area (Å²) in [5.74, 6) is 0.827. The fraction of sp³-hybridized carbons (Fsp3) is 0.500. The molecule has 0 unspecified atom stereocenters. The zero-order valence-corrected chi connectivity index (χ0v) is 11.5. The lowest BCUT2D eigenvalue weighted by Crippen LogP contribution is -2.24. The van der Waals surface area contributed by atoms with Crippen LogP contribution in [0.2, 0.25) is 0 Å². The summed E-state index contributed by atoms with van der Waals surface area (Å²) in [6.07, 6.45) is 5.79. The van der Waals surface area contributed by atoms with Gasteiger partial charge in [-0.05, 0) is 37.1 Å². The van der Waals surface area contributed by atoms with E-state index in [-0.39, 0.29) is 0 Å². The number of benzene rings is 1. The average molecular weight is 244 g/mol. The summed E-state index contributed by atoms with van der Waals surface area (Å²) >= 11 is 0. The Morgan fingerprint density at radius 1 is 1.17 bits per heavy atom. The van der Waals surface area contributed by atoms with E-state index in [1.165, 1.54) is 29.3 Å². The topological polar surface area (TPSA) is 27.8 Å². The molecule has 1 aromatic carbocycles. The van der Waals surface area contributed by atoms with Crippen molar-refractivity contribution in [1.82, 2.24) is 10.3 Å². The Hall–Kier alpha value is -1.28. The molecule has 0 amide bonds. The number of H-pyrrole nitrogens is 1. The van der Waals surface area contributed by atoms with Gasteiger partial charge in [0, 0.05) is 17.1 Å². The van der Waals surface area contributed by atoms with Gasteiger partial charge in [-0.3, -0.25) is 0 Å². The van der Waals surface area contributed by atoms with Crippen molar-refractivity contribution in [2.45, 2.75) is 33.1 Å². The average Bonchev–Trinajstić information content (AvgIpc) is 2.82. The van der Waals surface area contributed by atoms with Gasteiger partial charge in [-0.25, -0.2) is 0 Å². The Balaban J connectivity index is 1.83. The molecule has 0 atom stereocenters. The molecule has 18 heavy (non-hydrogen) atoms. The third-order valence-electron chi connectivity index (χ3n) is 3.83. The standard InChI is InChI=1S/C16H24N2/c1-3-13(4-2)11-17-10-9-14-12-18-16-8-6-5-7-15(14)16/h5-8,12-13,17-18H,3-4,9-11H2,1-2H3. The molecule has 0 spiro atoms. The van der Waals surface area contributed by atoms with E-state index in [1.807, 2.05) is 0 Å². The smallest absolute Gasteiger partial charge is 0.0456 e. The number of nitrogens with one attached hydrogen (secondary N) is 2. The molecule has 0 radical (unpaired) electrons. The van der Waals surface area contributed by atoms with E-state index < -0.39 is 0 Å². The first-order valence-corrected chi connectivity index (χ1v) is 7.10. The van der Waals surface area contributed by atoms with Gasteiger partial charge in [0.15, 0.2) is 0 Å². The Kier molecular flexibility index (Phi) is 4.82. The second kappa shape index (κ2) is 6.60. The van der Waals surface area contributed by atoms with Crippen LogP contribution >= 0.6 is 0 Å². The Bertz CT molecular complexity index is 469. The molecule has 0 aliphatic heterocycles. The second-order valence-electron chi connectivity index (χ2n) is 5.00. The van der Waals surface area contributed by atoms with Gasteiger partial charge >= 0.3 is 0 Å². The molecule has 98 valence electrons. The van der Waals surface area contributed by atoms with Crippen molar-refractivity contribution in [3.8, 4) is 0 Å². The fourth-order valence-electron chi connectivity index (χ4n) is 2.45. The number of hydrogen-bond acceptors (Lipinski definition) is 1. The van der Waals surface area contributed by atoms with Crippen LogP contribution in [0.4, 0.5) is 0 Å². The van der Waals surface area contributed by atoms with Crippen LogP contribution in [0.3, 0.4) is 0 Å². The van der Waals surface area contributed by atoms with Crippen molar-refractivity contribution in [1.29, 1.82) is 0 Å². The van der Waals surface area contributed by atoms with Crippen LogP contribution in [0.5, 0.6) is 0 Å². The number of aromatic nitrogens is 1. The molecule has 0 aliphatic carbocycles. The third kappa shape index (κ3) is 3.14. The first kappa shape index (κ1) is 13.2. The Morgan fingerprint density at radius 2 is 1.94 bits per heavy atom. The van der Waals surface area contributed by atoms with Gasteiger partial charge in [-0.2, -0.15) is 0 Å². The van der Waals surface area contributed by atoms with Gasteiger partial charge in [-0.1, -0.05) is 44.9 Å². The third-order valence-corrected chi connectivity index (χ3v) is 3.83. The minimum Gasteiger partial charge on any atom is -0.361 e. The highest BCUT2D eigenvalue weighted by Crippen LogP contribution is 2.17. The summed E-state index contributed by atoms with van der Waals surface area (Å²) < 4.78 is 0. The maximum absolute atomic E-state index is 3.58. The monoisotopic (exact) mass is 244 g/mol. The van der Waals surface area contributed by atoms with Crippen LogP contribution < -0.4 is 5.32 Å². The van der Waals surface area contributed by atoms with Crippen LogP contribution in [0.1, 0.15) is 32.3 Å². The number of rotatable bonds is 7. The van der Waals surface area contributed by atoms with E-state index >= 15 is 0 Å². The van der Waals surface area contributed by atoms with E-state index in [0.717, 1.165) is 25.4 Å². The summed E-state index contributed by atoms with van der Waals surface area (Å²) in [4.78, 5) is 3.33. The molecule has 2 nitrogen and oxygen atoms in total. The van der Waals surface area contributed by atoms with Crippen molar-refractivity contribution in [2.75, 3.05) is 13.1 Å². The lowest BCUT2D eigenvalue weighted by molar-refractivity contribution is 0.452. The van der Waals surface area contributed by atoms with Gasteiger partial charge in [0.05, 0.1) is 0 Å². The highest BCUT2D eigenvalue weighted by Gasteiger charge is 2.04. The van der Waals surface area contributed by atoms with Gasteiger partial charge in [0.2, 0.25) is 0 Å². The molecular formula is C16H24N2. The van der Waals surface area contributed by atoms with E-state index in [1.54, 1.807) is 0 Å². The summed E-state index contributed by atoms with van der Waals surface area (Å²) in [5, 5.41) is 4.94. The molecule has 0 aliphatic rings. The van der Waals surface area contributed by atoms with Gasteiger partial charge < -0.3 is 10.3 Å². The molecule has 0 saturated heterocycles. The summed E-state index contributed by atoms with van der Waals surface area (Å²) in [6, 6.07) is 8.52. The van der Waals surface area contributed by atoms with Crippen LogP contribution in [0.25, 0.3) is 10.9 Å². The molecule has 0 saturated carbocycles. The van der Waals surface area contributed by atoms with Gasteiger partial charge in [-0.15, -0.1) is 0 Å². The zero-order chi connectivity index (χ0) is 12.8. The quantitative estimate of drug-likeness (QED) is 0.714. The first-order valence-electron chi connectivity index (χ1n) is 7.10. The lowest BCUT2D eigenvalue weighted by Gasteiger charge is -2.12. The minimum atomic E-state index is 0.827. The molecular weight excluding hydrogens is 220 g/mol. The number of hydrogen-bond donors (Lipinski definition) is 2. The number of fused-ring (bicyclic) bond motifs is 1. The second-order valence-corrected chi connectivity index (χ2v) is 5.00. The van der Waals surface area contributed by atoms with E-state index in [4.69, 9.17) is 0 Å². The van der Waals surface area contributed by atoms with E-state index in [0.29, 0.717) is 0 Å². The van der Waals surface area contributed by atoms with Crippen molar-refractivity contribution in [2.24, 2.45) is 5.92 Å². The van der Waals surface area contributed by atoms with Crippen LogP contribution in [-0.2, 0) is 6.42 Å². The Labute approximate surface area is 110 Å². The molecule has 2 N–H and O–H groups in total. The van der Waals surface area contributed by atoms with Crippen LogP contribution in [0.15, 0.2) is 30.5 Å². The number of para-hydroxylation sites is 1. The molecule has 1 heterocycles. The molecule has 2 aromatic rings. The fourth-order valence-corrected chi connectivity index (χ4v) is 2.45. The summed E-state index contributed by atoms with van der Waals surface area (Å²) in [5.41, 5.74) is 2.66. The van der Waals surface area contributed by atoms with Crippen molar-refractivity contribution in [3.05, 3.63) is 36.0 Å². The van der Waals surface area contributed by atoms with E-state index in [9.17, 15) is 0 Å². The van der Waals surface area contributed by atoms with Crippen molar-refractivity contribution in [3.63, 3.8) is 0 Å². The van der Waals surface area contributed by atoms with Crippen molar-refractivity contribution >= 4 is 10.9 Å². The van der Waals surface area contributed by atoms with Crippen LogP contribution in [-0.4, -0.2) is 18.1 Å². The normalized spacial score (nSPS) is 11.5. The van der Waals surface area contributed by atoms with Crippen LogP contribution in [0, 0.1) is 5.92 Å². The highest BCUT2D eigenvalue weighted by atomic mass is 14.9.